The minimum Gasteiger partial charge on any atom is -0.494 e. The standard InChI is InChI=1S/C25H34BrNO2/c1-25-11-9-20-19-8-6-18(29-14-2-13-26)15-16(19)3-7-21(20)23(25)22(10-12-25)24(28)27-17-4-5-17/h6,8,15,17,20-23H,2-5,7,9-14H2,1H3,(H,27,28)/t20-,21-,22+,23-,25-/m1/s1. The first kappa shape index (κ1) is 19.9. The number of amides is 1. The molecule has 4 heteroatoms. The molecule has 0 aromatic heterocycles. The van der Waals surface area contributed by atoms with Gasteiger partial charge in [-0.3, -0.25) is 4.79 Å². The van der Waals surface area contributed by atoms with E-state index >= 15 is 0 Å². The molecule has 29 heavy (non-hydrogen) atoms. The van der Waals surface area contributed by atoms with Crippen molar-refractivity contribution in [2.75, 3.05) is 11.9 Å². The third-order valence-corrected chi connectivity index (χ3v) is 8.90. The minimum atomic E-state index is 0.238. The molecule has 158 valence electrons. The van der Waals surface area contributed by atoms with E-state index in [-0.39, 0.29) is 5.92 Å². The maximum absolute atomic E-state index is 13.1. The molecule has 1 amide bonds. The summed E-state index contributed by atoms with van der Waals surface area (Å²) in [6.45, 7) is 3.25. The number of fused-ring (bicyclic) bond motifs is 5. The van der Waals surface area contributed by atoms with Gasteiger partial charge < -0.3 is 10.1 Å². The van der Waals surface area contributed by atoms with Crippen molar-refractivity contribution in [1.82, 2.24) is 5.32 Å². The Bertz CT molecular complexity index is 776. The van der Waals surface area contributed by atoms with Crippen LogP contribution in [0.15, 0.2) is 18.2 Å². The highest BCUT2D eigenvalue weighted by atomic mass is 79.9. The molecule has 3 saturated carbocycles. The number of hydrogen-bond donors (Lipinski definition) is 1. The molecule has 3 nitrogen and oxygen atoms in total. The van der Waals surface area contributed by atoms with Gasteiger partial charge >= 0.3 is 0 Å². The number of carbonyl (C=O) groups excluding carboxylic acids is 1. The highest BCUT2D eigenvalue weighted by molar-refractivity contribution is 9.09. The fraction of sp³-hybridized carbons (Fsp3) is 0.720. The van der Waals surface area contributed by atoms with E-state index in [0.717, 1.165) is 36.9 Å². The number of rotatable bonds is 6. The summed E-state index contributed by atoms with van der Waals surface area (Å²) >= 11 is 3.47. The molecule has 0 unspecified atom stereocenters. The van der Waals surface area contributed by atoms with Crippen molar-refractivity contribution >= 4 is 21.8 Å². The van der Waals surface area contributed by atoms with Crippen LogP contribution in [0.3, 0.4) is 0 Å². The Morgan fingerprint density at radius 3 is 2.83 bits per heavy atom. The number of aryl methyl sites for hydroxylation is 1. The van der Waals surface area contributed by atoms with Crippen LogP contribution in [-0.2, 0) is 11.2 Å². The second-order valence-corrected chi connectivity index (χ2v) is 11.0. The van der Waals surface area contributed by atoms with E-state index in [1.807, 2.05) is 0 Å². The highest BCUT2D eigenvalue weighted by Gasteiger charge is 2.56. The summed E-state index contributed by atoms with van der Waals surface area (Å²) in [6.07, 6.45) is 10.6. The van der Waals surface area contributed by atoms with Crippen molar-refractivity contribution in [1.29, 1.82) is 0 Å². The molecule has 4 aliphatic carbocycles. The van der Waals surface area contributed by atoms with Crippen LogP contribution in [-0.4, -0.2) is 23.9 Å². The second-order valence-electron chi connectivity index (χ2n) is 10.2. The summed E-state index contributed by atoms with van der Waals surface area (Å²) < 4.78 is 5.94. The van der Waals surface area contributed by atoms with Gasteiger partial charge in [0.1, 0.15) is 5.75 Å². The first-order valence-corrected chi connectivity index (χ1v) is 12.8. The van der Waals surface area contributed by atoms with E-state index < -0.39 is 0 Å². The van der Waals surface area contributed by atoms with Crippen LogP contribution in [0, 0.1) is 23.2 Å². The van der Waals surface area contributed by atoms with Gasteiger partial charge in [0, 0.05) is 17.3 Å². The van der Waals surface area contributed by atoms with Gasteiger partial charge in [0.25, 0.3) is 0 Å². The molecule has 4 aliphatic rings. The molecule has 0 bridgehead atoms. The number of halogens is 1. The van der Waals surface area contributed by atoms with Crippen LogP contribution in [0.1, 0.15) is 75.3 Å². The summed E-state index contributed by atoms with van der Waals surface area (Å²) in [5, 5.41) is 4.32. The molecule has 0 spiro atoms. The minimum absolute atomic E-state index is 0.238. The quantitative estimate of drug-likeness (QED) is 0.443. The zero-order valence-electron chi connectivity index (χ0n) is 17.6. The van der Waals surface area contributed by atoms with Gasteiger partial charge in [-0.05, 0) is 104 Å². The Kier molecular flexibility index (Phi) is 5.43. The van der Waals surface area contributed by atoms with E-state index in [2.05, 4.69) is 46.4 Å². The number of nitrogens with one attached hydrogen (secondary N) is 1. The molecule has 0 heterocycles. The molecule has 5 rings (SSSR count). The zero-order valence-corrected chi connectivity index (χ0v) is 19.2. The van der Waals surface area contributed by atoms with E-state index in [1.165, 1.54) is 44.1 Å². The Morgan fingerprint density at radius 1 is 1.21 bits per heavy atom. The Hall–Kier alpha value is -1.03. The Balaban J connectivity index is 1.36. The molecule has 0 aliphatic heterocycles. The van der Waals surface area contributed by atoms with Crippen LogP contribution in [0.5, 0.6) is 5.75 Å². The predicted octanol–water partition coefficient (Wildman–Crippen LogP) is 5.60. The second kappa shape index (κ2) is 7.90. The summed E-state index contributed by atoms with van der Waals surface area (Å²) in [6, 6.07) is 7.28. The van der Waals surface area contributed by atoms with Crippen LogP contribution in [0.4, 0.5) is 0 Å². The zero-order chi connectivity index (χ0) is 20.0. The van der Waals surface area contributed by atoms with Gasteiger partial charge in [0.15, 0.2) is 0 Å². The van der Waals surface area contributed by atoms with E-state index in [0.29, 0.717) is 35.1 Å². The molecule has 1 N–H and O–H groups in total. The van der Waals surface area contributed by atoms with Gasteiger partial charge in [0.2, 0.25) is 5.91 Å². The Labute approximate surface area is 183 Å². The van der Waals surface area contributed by atoms with Crippen LogP contribution >= 0.6 is 15.9 Å². The fourth-order valence-corrected chi connectivity index (χ4v) is 7.02. The molecule has 3 fully saturated rings. The van der Waals surface area contributed by atoms with E-state index in [9.17, 15) is 4.79 Å². The smallest absolute Gasteiger partial charge is 0.223 e. The van der Waals surface area contributed by atoms with Gasteiger partial charge in [-0.1, -0.05) is 28.9 Å². The predicted molar refractivity (Wildman–Crippen MR) is 120 cm³/mol. The molecule has 5 atom stereocenters. The van der Waals surface area contributed by atoms with Crippen molar-refractivity contribution in [3.05, 3.63) is 29.3 Å². The molecule has 1 aromatic carbocycles. The van der Waals surface area contributed by atoms with Crippen LogP contribution in [0.25, 0.3) is 0 Å². The van der Waals surface area contributed by atoms with E-state index in [1.54, 1.807) is 5.56 Å². The highest BCUT2D eigenvalue weighted by Crippen LogP contribution is 2.62. The fourth-order valence-electron chi connectivity index (χ4n) is 6.79. The Morgan fingerprint density at radius 2 is 2.03 bits per heavy atom. The SMILES string of the molecule is C[C@@]12CC[C@H](C(=O)NC3CC3)[C@H]1[C@@H]1CCc3cc(OCCCBr)ccc3[C@H]1CC2. The number of hydrogen-bond acceptors (Lipinski definition) is 2. The summed E-state index contributed by atoms with van der Waals surface area (Å²) in [7, 11) is 0. The summed E-state index contributed by atoms with van der Waals surface area (Å²) in [5.74, 6) is 3.47. The lowest BCUT2D eigenvalue weighted by molar-refractivity contribution is -0.128. The number of ether oxygens (including phenoxy) is 1. The van der Waals surface area contributed by atoms with E-state index in [4.69, 9.17) is 4.74 Å². The van der Waals surface area contributed by atoms with Crippen molar-refractivity contribution in [3.63, 3.8) is 0 Å². The van der Waals surface area contributed by atoms with Gasteiger partial charge in [0.05, 0.1) is 6.61 Å². The molecular formula is C25H34BrNO2. The molecule has 0 radical (unpaired) electrons. The molecule has 0 saturated heterocycles. The topological polar surface area (TPSA) is 38.3 Å². The number of alkyl halides is 1. The van der Waals surface area contributed by atoms with Crippen molar-refractivity contribution in [3.8, 4) is 5.75 Å². The summed E-state index contributed by atoms with van der Waals surface area (Å²) in [5.41, 5.74) is 3.40. The lowest BCUT2D eigenvalue weighted by Crippen LogP contribution is -2.46. The lowest BCUT2D eigenvalue weighted by atomic mass is 9.54. The third-order valence-electron chi connectivity index (χ3n) is 8.34. The van der Waals surface area contributed by atoms with Crippen LogP contribution in [0.2, 0.25) is 0 Å². The molecule has 1 aromatic rings. The largest absolute Gasteiger partial charge is 0.494 e. The van der Waals surface area contributed by atoms with Gasteiger partial charge in [-0.15, -0.1) is 0 Å². The normalized spacial score (nSPS) is 35.4. The van der Waals surface area contributed by atoms with Gasteiger partial charge in [-0.2, -0.15) is 0 Å². The van der Waals surface area contributed by atoms with Crippen molar-refractivity contribution in [2.24, 2.45) is 23.2 Å². The summed E-state index contributed by atoms with van der Waals surface area (Å²) in [4.78, 5) is 13.1. The maximum atomic E-state index is 13.1. The van der Waals surface area contributed by atoms with Gasteiger partial charge in [-0.25, -0.2) is 0 Å². The average Bonchev–Trinajstić information content (AvgIpc) is 3.45. The lowest BCUT2D eigenvalue weighted by Gasteiger charge is -2.50. The van der Waals surface area contributed by atoms with Crippen LogP contribution < -0.4 is 10.1 Å². The van der Waals surface area contributed by atoms with Crippen molar-refractivity contribution < 1.29 is 9.53 Å². The average molecular weight is 460 g/mol. The molecular weight excluding hydrogens is 426 g/mol. The maximum Gasteiger partial charge on any atom is 0.223 e. The first-order chi connectivity index (χ1) is 14.1. The monoisotopic (exact) mass is 459 g/mol. The third kappa shape index (κ3) is 3.75. The first-order valence-electron chi connectivity index (χ1n) is 11.7. The number of carbonyl (C=O) groups is 1. The number of benzene rings is 1. The van der Waals surface area contributed by atoms with Crippen molar-refractivity contribution in [2.45, 2.75) is 76.7 Å².